The third kappa shape index (κ3) is 4.34. The third-order valence-corrected chi connectivity index (χ3v) is 4.40. The number of halogens is 1. The number of hydrogen-bond acceptors (Lipinski definition) is 5. The Hall–Kier alpha value is -1.28. The summed E-state index contributed by atoms with van der Waals surface area (Å²) >= 11 is 7.63. The molecule has 2 N–H and O–H groups in total. The Labute approximate surface area is 131 Å². The van der Waals surface area contributed by atoms with E-state index >= 15 is 0 Å². The molecule has 21 heavy (non-hydrogen) atoms. The number of aromatic amines is 1. The first kappa shape index (κ1) is 16.1. The normalized spacial score (nSPS) is 11.0. The molecule has 0 aliphatic heterocycles. The molecule has 114 valence electrons. The Morgan fingerprint density at radius 3 is 2.95 bits per heavy atom. The molecule has 1 aromatic heterocycles. The van der Waals surface area contributed by atoms with E-state index in [4.69, 9.17) is 16.3 Å². The fourth-order valence-electron chi connectivity index (χ4n) is 1.67. The van der Waals surface area contributed by atoms with Crippen molar-refractivity contribution in [3.05, 3.63) is 39.3 Å². The van der Waals surface area contributed by atoms with Gasteiger partial charge in [-0.2, -0.15) is 0 Å². The molecule has 0 amide bonds. The van der Waals surface area contributed by atoms with Crippen molar-refractivity contribution in [3.63, 3.8) is 0 Å². The number of benzene rings is 1. The standard InChI is InChI=1S/C13H17ClN4O2S/c1-18-12(19)16-17-13(18)21-11-4-3-9(7-10(11)14)8-15-5-6-20-2/h3-4,7,15H,5-6,8H2,1-2H3,(H,16,19). The van der Waals surface area contributed by atoms with E-state index < -0.39 is 0 Å². The minimum Gasteiger partial charge on any atom is -0.383 e. The van der Waals surface area contributed by atoms with E-state index in [1.165, 1.54) is 16.3 Å². The van der Waals surface area contributed by atoms with Gasteiger partial charge in [-0.15, -0.1) is 5.10 Å². The van der Waals surface area contributed by atoms with Gasteiger partial charge in [0.15, 0.2) is 5.16 Å². The molecule has 6 nitrogen and oxygen atoms in total. The molecule has 0 radical (unpaired) electrons. The summed E-state index contributed by atoms with van der Waals surface area (Å²) in [5.74, 6) is 0. The van der Waals surface area contributed by atoms with Crippen LogP contribution in [-0.4, -0.2) is 35.0 Å². The lowest BCUT2D eigenvalue weighted by Crippen LogP contribution is -2.18. The highest BCUT2D eigenvalue weighted by Crippen LogP contribution is 2.31. The van der Waals surface area contributed by atoms with Gasteiger partial charge in [0.2, 0.25) is 0 Å². The second-order valence-electron chi connectivity index (χ2n) is 4.41. The molecule has 0 atom stereocenters. The number of aromatic nitrogens is 3. The molecule has 1 aromatic carbocycles. The van der Waals surface area contributed by atoms with Crippen LogP contribution in [0.2, 0.25) is 5.02 Å². The van der Waals surface area contributed by atoms with Crippen LogP contribution in [0.3, 0.4) is 0 Å². The van der Waals surface area contributed by atoms with Gasteiger partial charge < -0.3 is 10.1 Å². The van der Waals surface area contributed by atoms with E-state index in [-0.39, 0.29) is 5.69 Å². The number of nitrogens with one attached hydrogen (secondary N) is 2. The van der Waals surface area contributed by atoms with Crippen LogP contribution in [0.5, 0.6) is 0 Å². The first-order valence-corrected chi connectivity index (χ1v) is 7.58. The van der Waals surface area contributed by atoms with Gasteiger partial charge in [0.05, 0.1) is 11.6 Å². The maximum Gasteiger partial charge on any atom is 0.343 e. The van der Waals surface area contributed by atoms with E-state index in [0.717, 1.165) is 23.5 Å². The van der Waals surface area contributed by atoms with Crippen LogP contribution < -0.4 is 11.0 Å². The molecule has 0 fully saturated rings. The fraction of sp³-hybridized carbons (Fsp3) is 0.385. The zero-order valence-corrected chi connectivity index (χ0v) is 13.4. The summed E-state index contributed by atoms with van der Waals surface area (Å²) in [5.41, 5.74) is 0.851. The highest BCUT2D eigenvalue weighted by molar-refractivity contribution is 7.99. The summed E-state index contributed by atoms with van der Waals surface area (Å²) in [4.78, 5) is 12.2. The highest BCUT2D eigenvalue weighted by atomic mass is 35.5. The molecular weight excluding hydrogens is 312 g/mol. The predicted octanol–water partition coefficient (Wildman–Crippen LogP) is 1.65. The molecule has 2 aromatic rings. The van der Waals surface area contributed by atoms with Crippen molar-refractivity contribution in [2.75, 3.05) is 20.3 Å². The maximum atomic E-state index is 11.3. The van der Waals surface area contributed by atoms with E-state index in [9.17, 15) is 4.79 Å². The lowest BCUT2D eigenvalue weighted by molar-refractivity contribution is 0.199. The third-order valence-electron chi connectivity index (χ3n) is 2.85. The first-order valence-electron chi connectivity index (χ1n) is 6.39. The van der Waals surface area contributed by atoms with Crippen molar-refractivity contribution >= 4 is 23.4 Å². The topological polar surface area (TPSA) is 71.9 Å². The van der Waals surface area contributed by atoms with Gasteiger partial charge in [-0.25, -0.2) is 9.89 Å². The SMILES string of the molecule is COCCNCc1ccc(Sc2n[nH]c(=O)n2C)c(Cl)c1. The smallest absolute Gasteiger partial charge is 0.343 e. The Morgan fingerprint density at radius 1 is 1.52 bits per heavy atom. The van der Waals surface area contributed by atoms with E-state index in [1.54, 1.807) is 14.2 Å². The summed E-state index contributed by atoms with van der Waals surface area (Å²) in [6.45, 7) is 2.20. The summed E-state index contributed by atoms with van der Waals surface area (Å²) < 4.78 is 6.42. The number of ether oxygens (including phenoxy) is 1. The zero-order chi connectivity index (χ0) is 15.2. The predicted molar refractivity (Wildman–Crippen MR) is 83.0 cm³/mol. The highest BCUT2D eigenvalue weighted by Gasteiger charge is 2.09. The molecule has 0 aliphatic carbocycles. The van der Waals surface area contributed by atoms with Crippen LogP contribution in [0, 0.1) is 0 Å². The van der Waals surface area contributed by atoms with Crippen molar-refractivity contribution in [2.45, 2.75) is 16.6 Å². The molecule has 8 heteroatoms. The van der Waals surface area contributed by atoms with Gasteiger partial charge in [-0.05, 0) is 29.5 Å². The molecule has 0 spiro atoms. The number of rotatable bonds is 7. The van der Waals surface area contributed by atoms with E-state index in [1.807, 2.05) is 18.2 Å². The number of hydrogen-bond donors (Lipinski definition) is 2. The monoisotopic (exact) mass is 328 g/mol. The lowest BCUT2D eigenvalue weighted by Gasteiger charge is -2.07. The van der Waals surface area contributed by atoms with Gasteiger partial charge in [0.25, 0.3) is 0 Å². The van der Waals surface area contributed by atoms with Crippen LogP contribution in [-0.2, 0) is 18.3 Å². The Kier molecular flexibility index (Phi) is 5.86. The van der Waals surface area contributed by atoms with Crippen molar-refractivity contribution in [1.29, 1.82) is 0 Å². The zero-order valence-electron chi connectivity index (χ0n) is 11.9. The molecular formula is C13H17ClN4O2S. The quantitative estimate of drug-likeness (QED) is 0.756. The summed E-state index contributed by atoms with van der Waals surface area (Å²) in [6, 6.07) is 5.84. The number of methoxy groups -OCH3 is 1. The van der Waals surface area contributed by atoms with Gasteiger partial charge >= 0.3 is 5.69 Å². The minimum absolute atomic E-state index is 0.243. The van der Waals surface area contributed by atoms with Crippen molar-refractivity contribution in [1.82, 2.24) is 20.1 Å². The lowest BCUT2D eigenvalue weighted by atomic mass is 10.2. The Bertz CT molecular complexity index is 656. The molecule has 2 rings (SSSR count). The number of nitrogens with zero attached hydrogens (tertiary/aromatic N) is 2. The fourth-order valence-corrected chi connectivity index (χ4v) is 2.79. The molecule has 1 heterocycles. The van der Waals surface area contributed by atoms with E-state index in [2.05, 4.69) is 15.5 Å². The summed E-state index contributed by atoms with van der Waals surface area (Å²) in [5, 5.41) is 10.8. The second-order valence-corrected chi connectivity index (χ2v) is 5.82. The van der Waals surface area contributed by atoms with Crippen LogP contribution in [0.25, 0.3) is 0 Å². The second kappa shape index (κ2) is 7.65. The van der Waals surface area contributed by atoms with Crippen LogP contribution >= 0.6 is 23.4 Å². The largest absolute Gasteiger partial charge is 0.383 e. The number of H-pyrrole nitrogens is 1. The van der Waals surface area contributed by atoms with Crippen molar-refractivity contribution in [2.24, 2.45) is 7.05 Å². The maximum absolute atomic E-state index is 11.3. The van der Waals surface area contributed by atoms with Crippen molar-refractivity contribution in [3.8, 4) is 0 Å². The van der Waals surface area contributed by atoms with Crippen LogP contribution in [0.15, 0.2) is 33.0 Å². The molecule has 0 aliphatic rings. The van der Waals surface area contributed by atoms with Crippen LogP contribution in [0.4, 0.5) is 0 Å². The minimum atomic E-state index is -0.243. The van der Waals surface area contributed by atoms with Gasteiger partial charge in [-0.1, -0.05) is 17.7 Å². The average Bonchev–Trinajstić information content (AvgIpc) is 2.78. The van der Waals surface area contributed by atoms with E-state index in [0.29, 0.717) is 16.8 Å². The first-order chi connectivity index (χ1) is 10.1. The summed E-state index contributed by atoms with van der Waals surface area (Å²) in [7, 11) is 3.34. The van der Waals surface area contributed by atoms with Crippen LogP contribution in [0.1, 0.15) is 5.56 Å². The molecule has 0 bridgehead atoms. The Morgan fingerprint density at radius 2 is 2.33 bits per heavy atom. The summed E-state index contributed by atoms with van der Waals surface area (Å²) in [6.07, 6.45) is 0. The van der Waals surface area contributed by atoms with Crippen molar-refractivity contribution < 1.29 is 4.74 Å². The molecule has 0 unspecified atom stereocenters. The Balaban J connectivity index is 2.02. The molecule has 0 saturated carbocycles. The van der Waals surface area contributed by atoms with Gasteiger partial charge in [0, 0.05) is 32.1 Å². The molecule has 0 saturated heterocycles. The van der Waals surface area contributed by atoms with Gasteiger partial charge in [0.1, 0.15) is 0 Å². The average molecular weight is 329 g/mol. The van der Waals surface area contributed by atoms with Gasteiger partial charge in [-0.3, -0.25) is 4.57 Å².